The molecule has 1 aliphatic rings. The Labute approximate surface area is 180 Å². The zero-order chi connectivity index (χ0) is 23.5. The summed E-state index contributed by atoms with van der Waals surface area (Å²) in [7, 11) is -0.485. The summed E-state index contributed by atoms with van der Waals surface area (Å²) in [6, 6.07) is 6.35. The van der Waals surface area contributed by atoms with E-state index in [9.17, 15) is 31.2 Å². The number of quaternary nitrogens is 1. The largest absolute Gasteiger partial charge is 0.491 e. The van der Waals surface area contributed by atoms with Gasteiger partial charge in [0.1, 0.15) is 18.6 Å². The Morgan fingerprint density at radius 2 is 1.71 bits per heavy atom. The van der Waals surface area contributed by atoms with Crippen LogP contribution < -0.4 is 4.72 Å². The molecule has 1 aromatic rings. The fourth-order valence-corrected chi connectivity index (χ4v) is 5.42. The summed E-state index contributed by atoms with van der Waals surface area (Å²) in [6.45, 7) is 2.39. The lowest BCUT2D eigenvalue weighted by molar-refractivity contribution is -0.940. The van der Waals surface area contributed by atoms with Gasteiger partial charge in [0.2, 0.25) is 10.0 Å². The van der Waals surface area contributed by atoms with E-state index in [1.165, 1.54) is 12.1 Å². The van der Waals surface area contributed by atoms with Crippen LogP contribution in [0.4, 0.5) is 13.2 Å². The topological polar surface area (TPSA) is 89.5 Å². The molecule has 0 aromatic heterocycles. The minimum atomic E-state index is -5.31. The van der Waals surface area contributed by atoms with E-state index >= 15 is 0 Å². The minimum Gasteiger partial charge on any atom is -0.386 e. The van der Waals surface area contributed by atoms with Crippen molar-refractivity contribution in [3.8, 4) is 0 Å². The number of ether oxygens (including phenoxy) is 1. The van der Waals surface area contributed by atoms with E-state index in [0.29, 0.717) is 4.48 Å². The number of hydrogen-bond donors (Lipinski definition) is 1. The van der Waals surface area contributed by atoms with Crippen molar-refractivity contribution in [2.75, 3.05) is 27.2 Å². The van der Waals surface area contributed by atoms with Crippen LogP contribution in [0.15, 0.2) is 29.2 Å². The van der Waals surface area contributed by atoms with Gasteiger partial charge in [-0.2, -0.15) is 17.9 Å². The zero-order valence-corrected chi connectivity index (χ0v) is 18.6. The predicted molar refractivity (Wildman–Crippen MR) is 106 cm³/mol. The van der Waals surface area contributed by atoms with E-state index in [4.69, 9.17) is 0 Å². The van der Waals surface area contributed by atoms with Crippen molar-refractivity contribution in [1.29, 1.82) is 0 Å². The number of unbranched alkanes of at least 4 members (excludes halogenated alkanes) is 2. The Hall–Kier alpha value is -1.98. The Bertz CT molecular complexity index is 904. The number of nitrogens with zero attached hydrogens (tertiary/aromatic N) is 1. The number of alkyl halides is 3. The molecule has 7 nitrogen and oxygen atoms in total. The predicted octanol–water partition coefficient (Wildman–Crippen LogP) is 2.55. The third-order valence-electron chi connectivity index (χ3n) is 5.04. The molecule has 0 unspecified atom stereocenters. The molecule has 0 saturated carbocycles. The maximum absolute atomic E-state index is 12.9. The molecule has 31 heavy (non-hydrogen) atoms. The summed E-state index contributed by atoms with van der Waals surface area (Å²) in [5.74, 6) is -4.06. The first kappa shape index (κ1) is 25.3. The van der Waals surface area contributed by atoms with Gasteiger partial charge in [-0.25, -0.2) is 13.2 Å². The summed E-state index contributed by atoms with van der Waals surface area (Å²) in [5, 5.41) is 0. The summed E-state index contributed by atoms with van der Waals surface area (Å²) >= 11 is 0. The van der Waals surface area contributed by atoms with Crippen LogP contribution in [0.25, 0.3) is 0 Å². The van der Waals surface area contributed by atoms with E-state index in [1.807, 2.05) is 0 Å². The quantitative estimate of drug-likeness (QED) is 0.262. The lowest BCUT2D eigenvalue weighted by Gasteiger charge is -2.52. The second-order valence-corrected chi connectivity index (χ2v) is 10.4. The van der Waals surface area contributed by atoms with E-state index in [0.717, 1.165) is 31.2 Å². The number of nitrogens with one attached hydrogen (secondary N) is 1. The molecule has 2 rings (SSSR count). The number of benzene rings is 1. The maximum Gasteiger partial charge on any atom is 0.491 e. The smallest absolute Gasteiger partial charge is 0.386 e. The molecule has 1 N–H and O–H groups in total. The van der Waals surface area contributed by atoms with Crippen molar-refractivity contribution in [2.24, 2.45) is 0 Å². The molecule has 1 aromatic carbocycles. The van der Waals surface area contributed by atoms with Gasteiger partial charge in [0.05, 0.1) is 25.4 Å². The standard InChI is InChI=1S/C20H28F3N2O5S/c1-4-5-6-7-15-8-10-16(11-9-15)31(28,29)24-19(13-25(2,3)14-19)12-17(26)30-18(27)20(21,22)23/h8-11,24H,4-7,12-14H2,1-3H3/q+1. The highest BCUT2D eigenvalue weighted by atomic mass is 32.2. The van der Waals surface area contributed by atoms with Crippen molar-refractivity contribution < 1.29 is 40.4 Å². The highest BCUT2D eigenvalue weighted by molar-refractivity contribution is 7.89. The highest BCUT2D eigenvalue weighted by Crippen LogP contribution is 2.31. The lowest BCUT2D eigenvalue weighted by atomic mass is 9.85. The third-order valence-corrected chi connectivity index (χ3v) is 6.63. The second kappa shape index (κ2) is 9.25. The number of likely N-dealkylation sites (N-methyl/N-ethyl adjacent to an activating group) is 1. The average Bonchev–Trinajstić information content (AvgIpc) is 2.59. The van der Waals surface area contributed by atoms with Gasteiger partial charge in [0.15, 0.2) is 0 Å². The van der Waals surface area contributed by atoms with E-state index in [2.05, 4.69) is 16.4 Å². The molecule has 1 fully saturated rings. The third kappa shape index (κ3) is 7.01. The molecule has 0 bridgehead atoms. The van der Waals surface area contributed by atoms with E-state index < -0.39 is 40.1 Å². The highest BCUT2D eigenvalue weighted by Gasteiger charge is 2.56. The molecule has 0 amide bonds. The molecule has 1 heterocycles. The molecule has 11 heteroatoms. The second-order valence-electron chi connectivity index (χ2n) is 8.67. The fraction of sp³-hybridized carbons (Fsp3) is 0.600. The first-order chi connectivity index (χ1) is 14.2. The first-order valence-corrected chi connectivity index (χ1v) is 11.4. The number of halogens is 3. The van der Waals surface area contributed by atoms with Gasteiger partial charge in [-0.1, -0.05) is 31.9 Å². The zero-order valence-electron chi connectivity index (χ0n) is 17.8. The monoisotopic (exact) mass is 465 g/mol. The van der Waals surface area contributed by atoms with Gasteiger partial charge in [-0.3, -0.25) is 4.79 Å². The van der Waals surface area contributed by atoms with Crippen LogP contribution in [-0.2, 0) is 30.8 Å². The number of sulfonamides is 1. The summed E-state index contributed by atoms with van der Waals surface area (Å²) in [4.78, 5) is 22.8. The van der Waals surface area contributed by atoms with Crippen LogP contribution in [0.1, 0.15) is 38.2 Å². The number of carbonyl (C=O) groups is 2. The van der Waals surface area contributed by atoms with E-state index in [-0.39, 0.29) is 18.0 Å². The van der Waals surface area contributed by atoms with Crippen LogP contribution in [-0.4, -0.2) is 63.7 Å². The fourth-order valence-electron chi connectivity index (χ4n) is 4.04. The minimum absolute atomic E-state index is 0.0111. The number of aryl methyl sites for hydroxylation is 1. The molecule has 1 aliphatic heterocycles. The molecular formula is C20H28F3N2O5S+. The molecule has 0 spiro atoms. The van der Waals surface area contributed by atoms with Gasteiger partial charge in [-0.15, -0.1) is 0 Å². The van der Waals surface area contributed by atoms with Crippen molar-refractivity contribution >= 4 is 22.0 Å². The Morgan fingerprint density at radius 1 is 1.13 bits per heavy atom. The summed E-state index contributed by atoms with van der Waals surface area (Å²) in [5.41, 5.74) is -0.344. The molecule has 0 aliphatic carbocycles. The SMILES string of the molecule is CCCCCc1ccc(S(=O)(=O)NC2(CC(=O)OC(=O)C(F)(F)F)C[N+](C)(C)C2)cc1. The van der Waals surface area contributed by atoms with Gasteiger partial charge in [0.25, 0.3) is 0 Å². The van der Waals surface area contributed by atoms with Gasteiger partial charge in [-0.05, 0) is 30.5 Å². The molecule has 0 atom stereocenters. The summed E-state index contributed by atoms with van der Waals surface area (Å²) < 4.78 is 69.4. The Balaban J connectivity index is 2.12. The van der Waals surface area contributed by atoms with Crippen LogP contribution in [0.5, 0.6) is 0 Å². The number of esters is 2. The molecule has 0 radical (unpaired) electrons. The normalized spacial score (nSPS) is 17.6. The van der Waals surface area contributed by atoms with Crippen LogP contribution in [0.3, 0.4) is 0 Å². The maximum atomic E-state index is 12.9. The van der Waals surface area contributed by atoms with Crippen molar-refractivity contribution in [1.82, 2.24) is 4.72 Å². The molecule has 174 valence electrons. The van der Waals surface area contributed by atoms with Crippen LogP contribution >= 0.6 is 0 Å². The van der Waals surface area contributed by atoms with Crippen molar-refractivity contribution in [2.45, 2.75) is 55.6 Å². The van der Waals surface area contributed by atoms with Crippen LogP contribution in [0, 0.1) is 0 Å². The molecular weight excluding hydrogens is 437 g/mol. The van der Waals surface area contributed by atoms with Crippen LogP contribution in [0.2, 0.25) is 0 Å². The first-order valence-electron chi connectivity index (χ1n) is 9.95. The van der Waals surface area contributed by atoms with Gasteiger partial charge < -0.3 is 9.22 Å². The Kier molecular flexibility index (Phi) is 7.55. The van der Waals surface area contributed by atoms with Gasteiger partial charge in [0, 0.05) is 0 Å². The Morgan fingerprint density at radius 3 is 2.19 bits per heavy atom. The van der Waals surface area contributed by atoms with E-state index in [1.54, 1.807) is 26.2 Å². The average molecular weight is 466 g/mol. The molecule has 1 saturated heterocycles. The van der Waals surface area contributed by atoms with Crippen molar-refractivity contribution in [3.05, 3.63) is 29.8 Å². The number of likely N-dealkylation sites (tertiary alicyclic amines) is 1. The number of hydrogen-bond acceptors (Lipinski definition) is 5. The van der Waals surface area contributed by atoms with Crippen molar-refractivity contribution in [3.63, 3.8) is 0 Å². The number of rotatable bonds is 9. The number of carbonyl (C=O) groups excluding carboxylic acids is 2. The summed E-state index contributed by atoms with van der Waals surface area (Å²) in [6.07, 6.45) is -2.03. The van der Waals surface area contributed by atoms with Gasteiger partial charge >= 0.3 is 18.1 Å². The lowest BCUT2D eigenvalue weighted by Crippen LogP contribution is -2.76.